The fraction of sp³-hybridized carbons (Fsp3) is 0.182. The van der Waals surface area contributed by atoms with Crippen LogP contribution in [0.3, 0.4) is 0 Å². The number of carboxylic acids is 1. The van der Waals surface area contributed by atoms with E-state index in [1.807, 2.05) is 26.0 Å². The van der Waals surface area contributed by atoms with Crippen molar-refractivity contribution in [2.24, 2.45) is 0 Å². The van der Waals surface area contributed by atoms with E-state index in [2.05, 4.69) is 5.32 Å². The molecule has 0 bridgehead atoms. The lowest BCUT2D eigenvalue weighted by atomic mass is 10.1. The molecular weight excluding hydrogens is 420 g/mol. The molecule has 0 radical (unpaired) electrons. The van der Waals surface area contributed by atoms with Crippen LogP contribution in [-0.4, -0.2) is 46.2 Å². The number of thioether (sulfide) groups is 1. The molecule has 3 amide bonds. The average Bonchev–Trinajstić information content (AvgIpc) is 2.97. The smallest absolute Gasteiger partial charge is 0.341 e. The van der Waals surface area contributed by atoms with Crippen molar-refractivity contribution < 1.29 is 29.0 Å². The molecule has 8 nitrogen and oxygen atoms in total. The van der Waals surface area contributed by atoms with Crippen molar-refractivity contribution in [2.75, 3.05) is 18.5 Å². The highest BCUT2D eigenvalue weighted by molar-refractivity contribution is 8.18. The average molecular weight is 440 g/mol. The number of aliphatic carboxylic acids is 1. The number of carboxylic acid groups (broad SMARTS) is 1. The van der Waals surface area contributed by atoms with Crippen LogP contribution >= 0.6 is 11.8 Å². The normalized spacial score (nSPS) is 14.8. The number of para-hydroxylation sites is 1. The van der Waals surface area contributed by atoms with Gasteiger partial charge in [0.15, 0.2) is 6.61 Å². The summed E-state index contributed by atoms with van der Waals surface area (Å²) in [7, 11) is 0. The van der Waals surface area contributed by atoms with Crippen molar-refractivity contribution in [3.05, 3.63) is 64.1 Å². The number of nitrogens with one attached hydrogen (secondary N) is 1. The van der Waals surface area contributed by atoms with Gasteiger partial charge < -0.3 is 15.2 Å². The maximum absolute atomic E-state index is 12.7. The fourth-order valence-corrected chi connectivity index (χ4v) is 3.76. The molecule has 1 aliphatic heterocycles. The van der Waals surface area contributed by atoms with E-state index in [0.29, 0.717) is 23.0 Å². The predicted octanol–water partition coefficient (Wildman–Crippen LogP) is 3.44. The quantitative estimate of drug-likeness (QED) is 0.634. The number of benzene rings is 2. The van der Waals surface area contributed by atoms with Crippen LogP contribution in [0.1, 0.15) is 16.7 Å². The molecule has 3 rings (SSSR count). The molecular formula is C22H20N2O6S. The third-order valence-electron chi connectivity index (χ3n) is 4.39. The van der Waals surface area contributed by atoms with Gasteiger partial charge in [-0.1, -0.05) is 35.9 Å². The van der Waals surface area contributed by atoms with E-state index in [1.54, 1.807) is 30.3 Å². The third-order valence-corrected chi connectivity index (χ3v) is 5.30. The third kappa shape index (κ3) is 5.52. The number of anilines is 1. The van der Waals surface area contributed by atoms with Crippen molar-refractivity contribution >= 4 is 46.5 Å². The van der Waals surface area contributed by atoms with Crippen molar-refractivity contribution in [3.63, 3.8) is 0 Å². The van der Waals surface area contributed by atoms with Crippen LogP contribution in [0.2, 0.25) is 0 Å². The summed E-state index contributed by atoms with van der Waals surface area (Å²) in [6, 6.07) is 12.1. The van der Waals surface area contributed by atoms with Crippen LogP contribution < -0.4 is 10.1 Å². The van der Waals surface area contributed by atoms with E-state index in [-0.39, 0.29) is 10.7 Å². The second-order valence-corrected chi connectivity index (χ2v) is 7.85. The molecule has 0 atom stereocenters. The summed E-state index contributed by atoms with van der Waals surface area (Å²) < 4.78 is 5.22. The minimum atomic E-state index is -1.13. The maximum Gasteiger partial charge on any atom is 0.341 e. The highest BCUT2D eigenvalue weighted by atomic mass is 32.2. The lowest BCUT2D eigenvalue weighted by Gasteiger charge is -2.14. The molecule has 2 aromatic carbocycles. The largest absolute Gasteiger partial charge is 0.481 e. The van der Waals surface area contributed by atoms with E-state index in [4.69, 9.17) is 9.84 Å². The first-order valence-corrected chi connectivity index (χ1v) is 10.1. The van der Waals surface area contributed by atoms with E-state index in [1.165, 1.54) is 6.08 Å². The molecule has 1 fully saturated rings. The molecule has 31 heavy (non-hydrogen) atoms. The Hall–Kier alpha value is -3.59. The van der Waals surface area contributed by atoms with Crippen LogP contribution in [0, 0.1) is 13.8 Å². The van der Waals surface area contributed by atoms with Gasteiger partial charge in [0.05, 0.1) is 4.91 Å². The lowest BCUT2D eigenvalue weighted by Crippen LogP contribution is -2.36. The van der Waals surface area contributed by atoms with Gasteiger partial charge in [-0.2, -0.15) is 0 Å². The predicted molar refractivity (Wildman–Crippen MR) is 117 cm³/mol. The Kier molecular flexibility index (Phi) is 6.76. The second-order valence-electron chi connectivity index (χ2n) is 6.85. The van der Waals surface area contributed by atoms with E-state index >= 15 is 0 Å². The standard InChI is InChI=1S/C22H20N2O6S/c1-13-7-8-16(14(2)9-13)23-19(25)11-24-21(28)18(31-22(24)29)10-15-5-3-4-6-17(15)30-12-20(26)27/h3-10H,11-12H2,1-2H3,(H,23,25)(H,26,27)/b18-10+. The Morgan fingerprint density at radius 3 is 2.61 bits per heavy atom. The molecule has 160 valence electrons. The molecule has 0 saturated carbocycles. The maximum atomic E-state index is 12.7. The summed E-state index contributed by atoms with van der Waals surface area (Å²) in [5.41, 5.74) is 3.00. The first-order valence-electron chi connectivity index (χ1n) is 9.30. The summed E-state index contributed by atoms with van der Waals surface area (Å²) >= 11 is 0.710. The minimum Gasteiger partial charge on any atom is -0.481 e. The Balaban J connectivity index is 1.72. The van der Waals surface area contributed by atoms with Crippen LogP contribution in [0.5, 0.6) is 5.75 Å². The van der Waals surface area contributed by atoms with Gasteiger partial charge in [0.2, 0.25) is 5.91 Å². The molecule has 0 aliphatic carbocycles. The Labute approximate surface area is 182 Å². The highest BCUT2D eigenvalue weighted by Gasteiger charge is 2.36. The number of carbonyl (C=O) groups is 4. The van der Waals surface area contributed by atoms with E-state index in [0.717, 1.165) is 16.0 Å². The topological polar surface area (TPSA) is 113 Å². The van der Waals surface area contributed by atoms with Gasteiger partial charge in [0, 0.05) is 11.3 Å². The zero-order valence-corrected chi connectivity index (χ0v) is 17.7. The first-order chi connectivity index (χ1) is 14.7. The number of imide groups is 1. The number of nitrogens with zero attached hydrogens (tertiary/aromatic N) is 1. The summed E-state index contributed by atoms with van der Waals surface area (Å²) in [4.78, 5) is 49.2. The van der Waals surface area contributed by atoms with Gasteiger partial charge in [-0.15, -0.1) is 0 Å². The molecule has 0 spiro atoms. The Morgan fingerprint density at radius 1 is 1.16 bits per heavy atom. The minimum absolute atomic E-state index is 0.121. The van der Waals surface area contributed by atoms with Gasteiger partial charge in [-0.3, -0.25) is 19.3 Å². The monoisotopic (exact) mass is 440 g/mol. The van der Waals surface area contributed by atoms with Crippen molar-refractivity contribution in [1.29, 1.82) is 0 Å². The number of hydrogen-bond acceptors (Lipinski definition) is 6. The van der Waals surface area contributed by atoms with Crippen molar-refractivity contribution in [1.82, 2.24) is 4.90 Å². The second kappa shape index (κ2) is 9.48. The van der Waals surface area contributed by atoms with Crippen LogP contribution in [0.25, 0.3) is 6.08 Å². The molecule has 1 aliphatic rings. The molecule has 1 heterocycles. The number of carbonyl (C=O) groups excluding carboxylic acids is 3. The molecule has 2 aromatic rings. The number of rotatable bonds is 7. The van der Waals surface area contributed by atoms with Gasteiger partial charge in [0.1, 0.15) is 12.3 Å². The Morgan fingerprint density at radius 2 is 1.90 bits per heavy atom. The Bertz CT molecular complexity index is 1100. The van der Waals surface area contributed by atoms with Gasteiger partial charge >= 0.3 is 5.97 Å². The SMILES string of the molecule is Cc1ccc(NC(=O)CN2C(=O)S/C(=C/c3ccccc3OCC(=O)O)C2=O)c(C)c1. The van der Waals surface area contributed by atoms with Gasteiger partial charge in [0.25, 0.3) is 11.1 Å². The number of aryl methyl sites for hydroxylation is 2. The zero-order chi connectivity index (χ0) is 22.5. The van der Waals surface area contributed by atoms with Crippen LogP contribution in [0.4, 0.5) is 10.5 Å². The van der Waals surface area contributed by atoms with Crippen LogP contribution in [0.15, 0.2) is 47.4 Å². The van der Waals surface area contributed by atoms with E-state index < -0.39 is 36.2 Å². The summed E-state index contributed by atoms with van der Waals surface area (Å²) in [6.07, 6.45) is 1.45. The van der Waals surface area contributed by atoms with Crippen molar-refractivity contribution in [3.8, 4) is 5.75 Å². The van der Waals surface area contributed by atoms with Gasteiger partial charge in [-0.25, -0.2) is 4.79 Å². The number of amides is 3. The van der Waals surface area contributed by atoms with E-state index in [9.17, 15) is 19.2 Å². The molecule has 9 heteroatoms. The molecule has 0 aromatic heterocycles. The fourth-order valence-electron chi connectivity index (χ4n) is 2.94. The summed E-state index contributed by atoms with van der Waals surface area (Å²) in [6.45, 7) is 2.85. The molecule has 2 N–H and O–H groups in total. The summed E-state index contributed by atoms with van der Waals surface area (Å²) in [5, 5.41) is 11.0. The zero-order valence-electron chi connectivity index (χ0n) is 16.9. The van der Waals surface area contributed by atoms with Gasteiger partial charge in [-0.05, 0) is 49.4 Å². The molecule has 0 unspecified atom stereocenters. The molecule has 1 saturated heterocycles. The highest BCUT2D eigenvalue weighted by Crippen LogP contribution is 2.34. The number of hydrogen-bond donors (Lipinski definition) is 2. The lowest BCUT2D eigenvalue weighted by molar-refractivity contribution is -0.139. The number of ether oxygens (including phenoxy) is 1. The summed E-state index contributed by atoms with van der Waals surface area (Å²) in [5.74, 6) is -1.95. The van der Waals surface area contributed by atoms with Crippen LogP contribution in [-0.2, 0) is 14.4 Å². The van der Waals surface area contributed by atoms with Crippen molar-refractivity contribution in [2.45, 2.75) is 13.8 Å². The first kappa shape index (κ1) is 22.1.